The second kappa shape index (κ2) is 9.78. The first kappa shape index (κ1) is 20.5. The van der Waals surface area contributed by atoms with Crippen molar-refractivity contribution in [1.29, 1.82) is 0 Å². The second-order valence-electron chi connectivity index (χ2n) is 7.43. The van der Waals surface area contributed by atoms with Gasteiger partial charge in [-0.05, 0) is 44.2 Å². The molecule has 1 saturated carbocycles. The molecule has 2 N–H and O–H groups in total. The molecule has 152 valence electrons. The zero-order chi connectivity index (χ0) is 19.9. The number of guanidine groups is 1. The van der Waals surface area contributed by atoms with E-state index in [1.54, 1.807) is 11.3 Å². The Kier molecular flexibility index (Phi) is 7.14. The molecule has 0 amide bonds. The lowest BCUT2D eigenvalue weighted by Gasteiger charge is -2.13. The molecule has 6 nitrogen and oxygen atoms in total. The molecule has 1 aromatic carbocycles. The van der Waals surface area contributed by atoms with E-state index in [4.69, 9.17) is 9.73 Å². The van der Waals surface area contributed by atoms with Crippen LogP contribution in [0.25, 0.3) is 0 Å². The number of hydrogen-bond acceptors (Lipinski definition) is 5. The third-order valence-electron chi connectivity index (χ3n) is 4.51. The third-order valence-corrected chi connectivity index (χ3v) is 5.56. The Bertz CT molecular complexity index is 798. The maximum atomic E-state index is 6.07. The molecule has 0 unspecified atom stereocenters. The number of anilines is 1. The molecule has 7 heteroatoms. The molecule has 1 fully saturated rings. The van der Waals surface area contributed by atoms with E-state index >= 15 is 0 Å². The van der Waals surface area contributed by atoms with Gasteiger partial charge >= 0.3 is 0 Å². The van der Waals surface area contributed by atoms with Crippen molar-refractivity contribution in [1.82, 2.24) is 15.6 Å². The predicted molar refractivity (Wildman–Crippen MR) is 117 cm³/mol. The number of ether oxygens (including phenoxy) is 1. The molecule has 1 heterocycles. The van der Waals surface area contributed by atoms with Gasteiger partial charge in [-0.3, -0.25) is 0 Å². The summed E-state index contributed by atoms with van der Waals surface area (Å²) in [5.74, 6) is 2.48. The van der Waals surface area contributed by atoms with Crippen LogP contribution in [0.5, 0.6) is 5.75 Å². The largest absolute Gasteiger partial charge is 0.493 e. The van der Waals surface area contributed by atoms with Gasteiger partial charge in [0, 0.05) is 31.6 Å². The lowest BCUT2D eigenvalue weighted by molar-refractivity contribution is 0.296. The maximum Gasteiger partial charge on any atom is 0.191 e. The number of hydrogen-bond donors (Lipinski definition) is 2. The minimum Gasteiger partial charge on any atom is -0.493 e. The van der Waals surface area contributed by atoms with Crippen LogP contribution in [0.15, 0.2) is 28.6 Å². The van der Waals surface area contributed by atoms with Crippen LogP contribution >= 0.6 is 11.3 Å². The molecule has 1 aromatic heterocycles. The van der Waals surface area contributed by atoms with Gasteiger partial charge < -0.3 is 20.3 Å². The molecule has 1 aliphatic rings. The summed E-state index contributed by atoms with van der Waals surface area (Å²) in [5.41, 5.74) is 3.35. The topological polar surface area (TPSA) is 61.8 Å². The number of aromatic nitrogens is 1. The number of aliphatic imine (C=N–C) groups is 1. The van der Waals surface area contributed by atoms with Gasteiger partial charge in [0.1, 0.15) is 5.75 Å². The summed E-state index contributed by atoms with van der Waals surface area (Å²) in [4.78, 5) is 11.4. The van der Waals surface area contributed by atoms with Crippen LogP contribution in [0.2, 0.25) is 0 Å². The Hall–Kier alpha value is -2.28. The summed E-state index contributed by atoms with van der Waals surface area (Å²) >= 11 is 1.65. The highest BCUT2D eigenvalue weighted by molar-refractivity contribution is 7.13. The molecule has 0 aliphatic heterocycles. The van der Waals surface area contributed by atoms with E-state index in [0.29, 0.717) is 13.1 Å². The monoisotopic (exact) mass is 401 g/mol. The molecule has 1 aliphatic carbocycles. The van der Waals surface area contributed by atoms with Crippen molar-refractivity contribution in [2.45, 2.75) is 39.8 Å². The summed E-state index contributed by atoms with van der Waals surface area (Å²) in [6, 6.07) is 6.35. The van der Waals surface area contributed by atoms with Crippen LogP contribution < -0.4 is 20.3 Å². The van der Waals surface area contributed by atoms with Crippen molar-refractivity contribution in [2.24, 2.45) is 10.9 Å². The van der Waals surface area contributed by atoms with Gasteiger partial charge in [-0.2, -0.15) is 0 Å². The molecule has 3 rings (SSSR count). The van der Waals surface area contributed by atoms with Crippen LogP contribution in [0.4, 0.5) is 5.13 Å². The molecule has 28 heavy (non-hydrogen) atoms. The summed E-state index contributed by atoms with van der Waals surface area (Å²) in [5, 5.41) is 9.77. The van der Waals surface area contributed by atoms with E-state index in [1.807, 2.05) is 19.0 Å². The first-order valence-corrected chi connectivity index (χ1v) is 10.8. The molecule has 0 spiro atoms. The molecule has 0 saturated heterocycles. The van der Waals surface area contributed by atoms with E-state index in [2.05, 4.69) is 53.0 Å². The zero-order valence-electron chi connectivity index (χ0n) is 17.3. The molecular weight excluding hydrogens is 370 g/mol. The fourth-order valence-corrected chi connectivity index (χ4v) is 3.44. The van der Waals surface area contributed by atoms with Gasteiger partial charge in [0.2, 0.25) is 0 Å². The fraction of sp³-hybridized carbons (Fsp3) is 0.524. The van der Waals surface area contributed by atoms with Gasteiger partial charge in [-0.15, -0.1) is 11.3 Å². The first-order chi connectivity index (χ1) is 13.5. The molecule has 0 radical (unpaired) electrons. The highest BCUT2D eigenvalue weighted by Crippen LogP contribution is 2.31. The number of nitrogens with zero attached hydrogens (tertiary/aromatic N) is 3. The average molecular weight is 402 g/mol. The lowest BCUT2D eigenvalue weighted by atomic mass is 10.1. The van der Waals surface area contributed by atoms with Gasteiger partial charge in [0.25, 0.3) is 0 Å². The first-order valence-electron chi connectivity index (χ1n) is 9.91. The minimum atomic E-state index is 0.579. The van der Waals surface area contributed by atoms with Gasteiger partial charge in [-0.1, -0.05) is 12.1 Å². The highest BCUT2D eigenvalue weighted by atomic mass is 32.1. The molecular formula is C21H31N5OS. The van der Waals surface area contributed by atoms with E-state index in [9.17, 15) is 0 Å². The summed E-state index contributed by atoms with van der Waals surface area (Å²) in [7, 11) is 4.01. The minimum absolute atomic E-state index is 0.579. The van der Waals surface area contributed by atoms with Crippen LogP contribution in [0.3, 0.4) is 0 Å². The number of rotatable bonds is 9. The van der Waals surface area contributed by atoms with Crippen molar-refractivity contribution >= 4 is 22.4 Å². The second-order valence-corrected chi connectivity index (χ2v) is 8.27. The van der Waals surface area contributed by atoms with Crippen molar-refractivity contribution in [3.63, 3.8) is 0 Å². The zero-order valence-corrected chi connectivity index (χ0v) is 18.1. The predicted octanol–water partition coefficient (Wildman–Crippen LogP) is 3.56. The van der Waals surface area contributed by atoms with Crippen molar-refractivity contribution in [2.75, 3.05) is 32.1 Å². The fourth-order valence-electron chi connectivity index (χ4n) is 2.68. The Morgan fingerprint density at radius 1 is 1.32 bits per heavy atom. The maximum absolute atomic E-state index is 6.07. The molecule has 0 atom stereocenters. The normalized spacial score (nSPS) is 14.1. The van der Waals surface area contributed by atoms with E-state index in [1.165, 1.54) is 18.4 Å². The smallest absolute Gasteiger partial charge is 0.191 e. The Balaban J connectivity index is 1.62. The summed E-state index contributed by atoms with van der Waals surface area (Å²) in [6.07, 6.45) is 2.58. The molecule has 0 bridgehead atoms. The number of aryl methyl sites for hydroxylation is 1. The standard InChI is InChI=1S/C21H31N5OS/c1-5-22-20(24-12-18-14-28-21(25-18)26(3)4)23-11-17-9-6-15(2)10-19(17)27-13-16-7-8-16/h6,9-10,14,16H,5,7-8,11-13H2,1-4H3,(H2,22,23,24). The van der Waals surface area contributed by atoms with E-state index in [-0.39, 0.29) is 0 Å². The van der Waals surface area contributed by atoms with Crippen molar-refractivity contribution in [3.8, 4) is 5.75 Å². The number of benzene rings is 1. The molecule has 2 aromatic rings. The van der Waals surface area contributed by atoms with E-state index < -0.39 is 0 Å². The van der Waals surface area contributed by atoms with Crippen molar-refractivity contribution in [3.05, 3.63) is 40.4 Å². The number of nitrogens with one attached hydrogen (secondary N) is 2. The van der Waals surface area contributed by atoms with Crippen LogP contribution in [-0.2, 0) is 13.1 Å². The van der Waals surface area contributed by atoms with Gasteiger partial charge in [0.15, 0.2) is 11.1 Å². The lowest BCUT2D eigenvalue weighted by Crippen LogP contribution is -2.36. The number of thiazole rings is 1. The Morgan fingerprint density at radius 2 is 2.14 bits per heavy atom. The van der Waals surface area contributed by atoms with Crippen LogP contribution in [0, 0.1) is 12.8 Å². The summed E-state index contributed by atoms with van der Waals surface area (Å²) < 4.78 is 6.07. The average Bonchev–Trinajstić information content (AvgIpc) is 3.38. The van der Waals surface area contributed by atoms with E-state index in [0.717, 1.165) is 47.2 Å². The van der Waals surface area contributed by atoms with Crippen LogP contribution in [0.1, 0.15) is 36.6 Å². The summed E-state index contributed by atoms with van der Waals surface area (Å²) in [6.45, 7) is 7.02. The Labute approximate surface area is 172 Å². The van der Waals surface area contributed by atoms with Crippen molar-refractivity contribution < 1.29 is 4.74 Å². The highest BCUT2D eigenvalue weighted by Gasteiger charge is 2.22. The Morgan fingerprint density at radius 3 is 2.82 bits per heavy atom. The quantitative estimate of drug-likeness (QED) is 0.497. The van der Waals surface area contributed by atoms with Crippen LogP contribution in [-0.4, -0.2) is 38.2 Å². The third kappa shape index (κ3) is 6.12. The van der Waals surface area contributed by atoms with Gasteiger partial charge in [0.05, 0.1) is 25.4 Å². The van der Waals surface area contributed by atoms with Gasteiger partial charge in [-0.25, -0.2) is 9.98 Å². The SMILES string of the molecule is CCNC(=NCc1ccc(C)cc1OCC1CC1)NCc1csc(N(C)C)n1.